The van der Waals surface area contributed by atoms with Crippen LogP contribution in [0.1, 0.15) is 43.0 Å². The lowest BCUT2D eigenvalue weighted by molar-refractivity contribution is -0.140. The number of benzene rings is 4. The van der Waals surface area contributed by atoms with Crippen molar-refractivity contribution in [1.29, 1.82) is 0 Å². The van der Waals surface area contributed by atoms with Gasteiger partial charge >= 0.3 is 0 Å². The molecule has 8 nitrogen and oxygen atoms in total. The van der Waals surface area contributed by atoms with Crippen LogP contribution in [0.5, 0.6) is 5.75 Å². The summed E-state index contributed by atoms with van der Waals surface area (Å²) in [6.07, 6.45) is 0.230. The molecule has 0 aliphatic carbocycles. The molecule has 0 bridgehead atoms. The Hall–Kier alpha value is -4.63. The fourth-order valence-electron chi connectivity index (χ4n) is 5.21. The van der Waals surface area contributed by atoms with Crippen molar-refractivity contribution in [3.05, 3.63) is 125 Å². The lowest BCUT2D eigenvalue weighted by Gasteiger charge is -2.35. The second kappa shape index (κ2) is 14.6. The Bertz CT molecular complexity index is 1750. The molecule has 9 heteroatoms. The number of hydrogen-bond donors (Lipinski definition) is 1. The summed E-state index contributed by atoms with van der Waals surface area (Å²) in [4.78, 5) is 30.3. The molecule has 0 aliphatic rings. The minimum Gasteiger partial charge on any atom is -0.497 e. The monoisotopic (exact) mass is 641 g/mol. The Morgan fingerprint density at radius 2 is 1.43 bits per heavy atom. The molecule has 1 N–H and O–H groups in total. The summed E-state index contributed by atoms with van der Waals surface area (Å²) >= 11 is 0. The van der Waals surface area contributed by atoms with E-state index in [2.05, 4.69) is 5.32 Å². The number of ether oxygens (including phenoxy) is 1. The molecule has 0 saturated heterocycles. The molecule has 1 unspecified atom stereocenters. The van der Waals surface area contributed by atoms with Gasteiger partial charge in [-0.3, -0.25) is 13.9 Å². The van der Waals surface area contributed by atoms with Crippen LogP contribution in [0.25, 0.3) is 0 Å². The van der Waals surface area contributed by atoms with E-state index >= 15 is 0 Å². The van der Waals surface area contributed by atoms with Crippen LogP contribution in [0.4, 0.5) is 5.69 Å². The zero-order valence-corrected chi connectivity index (χ0v) is 28.2. The normalized spacial score (nSPS) is 12.2. The Labute approximate surface area is 273 Å². The molecule has 0 saturated carbocycles. The van der Waals surface area contributed by atoms with Crippen molar-refractivity contribution < 1.29 is 22.7 Å². The molecule has 0 aromatic heterocycles. The molecule has 4 rings (SSSR count). The van der Waals surface area contributed by atoms with Gasteiger partial charge in [-0.15, -0.1) is 0 Å². The largest absolute Gasteiger partial charge is 0.497 e. The van der Waals surface area contributed by atoms with E-state index in [1.54, 1.807) is 43.5 Å². The van der Waals surface area contributed by atoms with Crippen LogP contribution in [-0.4, -0.2) is 50.4 Å². The maximum absolute atomic E-state index is 14.7. The fourth-order valence-corrected chi connectivity index (χ4v) is 6.71. The van der Waals surface area contributed by atoms with Gasteiger partial charge in [0.1, 0.15) is 18.3 Å². The van der Waals surface area contributed by atoms with E-state index < -0.39 is 34.1 Å². The summed E-state index contributed by atoms with van der Waals surface area (Å²) in [6.45, 7) is 8.92. The van der Waals surface area contributed by atoms with Crippen molar-refractivity contribution in [3.63, 3.8) is 0 Å². The van der Waals surface area contributed by atoms with Gasteiger partial charge < -0.3 is 15.0 Å². The average molecular weight is 642 g/mol. The quantitative estimate of drug-likeness (QED) is 0.203. The molecule has 2 amide bonds. The molecule has 1 atom stereocenters. The zero-order valence-electron chi connectivity index (χ0n) is 27.4. The third-order valence-electron chi connectivity index (χ3n) is 7.71. The van der Waals surface area contributed by atoms with Gasteiger partial charge in [-0.1, -0.05) is 72.8 Å². The number of carbonyl (C=O) groups excluding carboxylic acids is 2. The molecular weight excluding hydrogens is 598 g/mol. The molecule has 0 fully saturated rings. The van der Waals surface area contributed by atoms with Crippen molar-refractivity contribution in [2.75, 3.05) is 18.0 Å². The van der Waals surface area contributed by atoms with E-state index in [4.69, 9.17) is 4.74 Å². The highest BCUT2D eigenvalue weighted by atomic mass is 32.2. The van der Waals surface area contributed by atoms with Crippen LogP contribution in [0.2, 0.25) is 0 Å². The predicted molar refractivity (Wildman–Crippen MR) is 182 cm³/mol. The molecule has 46 heavy (non-hydrogen) atoms. The maximum Gasteiger partial charge on any atom is 0.264 e. The van der Waals surface area contributed by atoms with Gasteiger partial charge in [0.2, 0.25) is 11.8 Å². The molecule has 0 spiro atoms. The third-order valence-corrected chi connectivity index (χ3v) is 9.49. The first kappa shape index (κ1) is 34.2. The van der Waals surface area contributed by atoms with Crippen molar-refractivity contribution in [2.24, 2.45) is 0 Å². The number of amides is 2. The van der Waals surface area contributed by atoms with Gasteiger partial charge in [0.25, 0.3) is 10.0 Å². The number of rotatable bonds is 12. The van der Waals surface area contributed by atoms with Gasteiger partial charge in [-0.25, -0.2) is 8.42 Å². The minimum atomic E-state index is -4.17. The highest BCUT2D eigenvalue weighted by molar-refractivity contribution is 7.92. The van der Waals surface area contributed by atoms with Crippen LogP contribution in [0.3, 0.4) is 0 Å². The number of nitrogens with one attached hydrogen (secondary N) is 1. The number of nitrogens with zero attached hydrogens (tertiary/aromatic N) is 2. The summed E-state index contributed by atoms with van der Waals surface area (Å²) in [6, 6.07) is 29.3. The van der Waals surface area contributed by atoms with Crippen LogP contribution >= 0.6 is 0 Å². The van der Waals surface area contributed by atoms with Crippen LogP contribution < -0.4 is 14.4 Å². The molecule has 4 aromatic rings. The first-order chi connectivity index (χ1) is 21.8. The van der Waals surface area contributed by atoms with E-state index in [0.717, 1.165) is 26.6 Å². The molecule has 0 aliphatic heterocycles. The molecule has 4 aromatic carbocycles. The molecule has 242 valence electrons. The summed E-state index contributed by atoms with van der Waals surface area (Å²) < 4.78 is 35.1. The van der Waals surface area contributed by atoms with E-state index in [1.165, 1.54) is 17.0 Å². The highest BCUT2D eigenvalue weighted by Crippen LogP contribution is 2.29. The second-order valence-corrected chi connectivity index (χ2v) is 14.2. The summed E-state index contributed by atoms with van der Waals surface area (Å²) in [5.41, 5.74) is 3.05. The second-order valence-electron chi connectivity index (χ2n) is 12.4. The average Bonchev–Trinajstić information content (AvgIpc) is 3.03. The number of sulfonamides is 1. The van der Waals surface area contributed by atoms with Crippen LogP contribution in [0, 0.1) is 13.8 Å². The Morgan fingerprint density at radius 3 is 2.07 bits per heavy atom. The van der Waals surface area contributed by atoms with Crippen molar-refractivity contribution in [2.45, 2.75) is 64.1 Å². The Balaban J connectivity index is 1.85. The van der Waals surface area contributed by atoms with Crippen molar-refractivity contribution >= 4 is 27.5 Å². The van der Waals surface area contributed by atoms with E-state index in [9.17, 15) is 18.0 Å². The van der Waals surface area contributed by atoms with Gasteiger partial charge in [0, 0.05) is 18.5 Å². The van der Waals surface area contributed by atoms with E-state index in [1.807, 2.05) is 89.2 Å². The lowest BCUT2D eigenvalue weighted by atomic mass is 10.0. The third kappa shape index (κ3) is 8.54. The topological polar surface area (TPSA) is 96.0 Å². The zero-order chi connectivity index (χ0) is 33.5. The van der Waals surface area contributed by atoms with E-state index in [-0.39, 0.29) is 23.8 Å². The van der Waals surface area contributed by atoms with Crippen LogP contribution in [0.15, 0.2) is 108 Å². The van der Waals surface area contributed by atoms with Crippen molar-refractivity contribution in [1.82, 2.24) is 10.2 Å². The van der Waals surface area contributed by atoms with Gasteiger partial charge in [-0.2, -0.15) is 0 Å². The first-order valence-electron chi connectivity index (χ1n) is 15.2. The SMILES string of the molecule is COc1cccc(CN(C(=O)CN(c2cccc(C)c2C)S(=O)(=O)c2ccccc2)C(Cc2ccccc2)C(=O)NC(C)(C)C)c1. The summed E-state index contributed by atoms with van der Waals surface area (Å²) in [5.74, 6) is -0.252. The van der Waals surface area contributed by atoms with Crippen molar-refractivity contribution in [3.8, 4) is 5.75 Å². The van der Waals surface area contributed by atoms with Gasteiger partial charge in [0.05, 0.1) is 17.7 Å². The molecule has 0 radical (unpaired) electrons. The first-order valence-corrected chi connectivity index (χ1v) is 16.7. The minimum absolute atomic E-state index is 0.0527. The Kier molecular flexibility index (Phi) is 10.9. The maximum atomic E-state index is 14.7. The van der Waals surface area contributed by atoms with Gasteiger partial charge in [-0.05, 0) is 87.2 Å². The highest BCUT2D eigenvalue weighted by Gasteiger charge is 2.36. The number of hydrogen-bond acceptors (Lipinski definition) is 5. The molecule has 0 heterocycles. The standard InChI is InChI=1S/C37H43N3O5S/c1-27-15-13-22-33(28(27)2)40(46(43,44)32-20-11-8-12-21-32)26-35(41)39(25-30-18-14-19-31(23-30)45-6)34(36(42)38-37(3,4)5)24-29-16-9-7-10-17-29/h7-23,34H,24-26H2,1-6H3,(H,38,42). The summed E-state index contributed by atoms with van der Waals surface area (Å²) in [7, 11) is -2.61. The number of methoxy groups -OCH3 is 1. The Morgan fingerprint density at radius 1 is 0.826 bits per heavy atom. The van der Waals surface area contributed by atoms with Gasteiger partial charge in [0.15, 0.2) is 0 Å². The van der Waals surface area contributed by atoms with Crippen LogP contribution in [-0.2, 0) is 32.6 Å². The van der Waals surface area contributed by atoms with E-state index in [0.29, 0.717) is 11.4 Å². The number of anilines is 1. The number of carbonyl (C=O) groups is 2. The summed E-state index contributed by atoms with van der Waals surface area (Å²) in [5, 5.41) is 3.05. The predicted octanol–water partition coefficient (Wildman–Crippen LogP) is 6.06. The fraction of sp³-hybridized carbons (Fsp3) is 0.297. The lowest BCUT2D eigenvalue weighted by Crippen LogP contribution is -2.56. The number of aryl methyl sites for hydroxylation is 1. The molecular formula is C37H43N3O5S. The smallest absolute Gasteiger partial charge is 0.264 e.